The molecule has 0 aliphatic heterocycles. The Morgan fingerprint density at radius 2 is 1.83 bits per heavy atom. The third-order valence-electron chi connectivity index (χ3n) is 5.60. The van der Waals surface area contributed by atoms with Crippen LogP contribution in [0.15, 0.2) is 66.7 Å². The number of aromatic amines is 1. The van der Waals surface area contributed by atoms with E-state index in [1.54, 1.807) is 48.5 Å². The molecule has 36 heavy (non-hydrogen) atoms. The highest BCUT2D eigenvalue weighted by molar-refractivity contribution is 5.95. The third kappa shape index (κ3) is 5.61. The number of rotatable bonds is 9. The Kier molecular flexibility index (Phi) is 7.15. The summed E-state index contributed by atoms with van der Waals surface area (Å²) >= 11 is 0. The van der Waals surface area contributed by atoms with E-state index < -0.39 is 12.1 Å². The van der Waals surface area contributed by atoms with E-state index in [1.807, 2.05) is 25.1 Å². The zero-order chi connectivity index (χ0) is 25.7. The van der Waals surface area contributed by atoms with Gasteiger partial charge in [-0.05, 0) is 55.5 Å². The van der Waals surface area contributed by atoms with Gasteiger partial charge in [0, 0.05) is 29.0 Å². The number of nitrogen functional groups attached to an aromatic ring is 1. The predicted octanol–water partition coefficient (Wildman–Crippen LogP) is 4.25. The highest BCUT2D eigenvalue weighted by Gasteiger charge is 2.21. The van der Waals surface area contributed by atoms with Crippen LogP contribution < -0.4 is 20.7 Å². The lowest BCUT2D eigenvalue weighted by Gasteiger charge is -2.22. The summed E-state index contributed by atoms with van der Waals surface area (Å²) < 4.78 is 5.67. The number of amidine groups is 1. The molecular formula is C26H26N6O4. The predicted molar refractivity (Wildman–Crippen MR) is 138 cm³/mol. The van der Waals surface area contributed by atoms with E-state index >= 15 is 0 Å². The number of carboxylic acid groups (broad SMARTS) is 1. The van der Waals surface area contributed by atoms with E-state index in [0.717, 1.165) is 11.2 Å². The van der Waals surface area contributed by atoms with Crippen LogP contribution in [0.5, 0.6) is 5.75 Å². The summed E-state index contributed by atoms with van der Waals surface area (Å²) in [6, 6.07) is 19.5. The van der Waals surface area contributed by atoms with Crippen LogP contribution in [0.1, 0.15) is 23.4 Å². The number of nitrogens with one attached hydrogen (secondary N) is 3. The highest BCUT2D eigenvalue weighted by atomic mass is 16.6. The summed E-state index contributed by atoms with van der Waals surface area (Å²) in [4.78, 5) is 33.3. The number of anilines is 2. The monoisotopic (exact) mass is 486 g/mol. The fourth-order valence-electron chi connectivity index (χ4n) is 3.68. The van der Waals surface area contributed by atoms with Crippen molar-refractivity contribution in [3.05, 3.63) is 83.7 Å². The Morgan fingerprint density at radius 1 is 1.11 bits per heavy atom. The maximum Gasteiger partial charge on any atom is 0.419 e. The minimum absolute atomic E-state index is 0.0135. The maximum absolute atomic E-state index is 13.0. The lowest BCUT2D eigenvalue weighted by molar-refractivity contribution is -0.136. The first kappa shape index (κ1) is 24.3. The summed E-state index contributed by atoms with van der Waals surface area (Å²) in [5.41, 5.74) is 9.69. The smallest absolute Gasteiger partial charge is 0.419 e. The number of nitrogens with zero attached hydrogens (tertiary/aromatic N) is 2. The van der Waals surface area contributed by atoms with E-state index in [2.05, 4.69) is 15.3 Å². The highest BCUT2D eigenvalue weighted by Crippen LogP contribution is 2.27. The number of hydrogen-bond donors (Lipinski definition) is 5. The quantitative estimate of drug-likeness (QED) is 0.175. The zero-order valence-electron chi connectivity index (χ0n) is 19.6. The summed E-state index contributed by atoms with van der Waals surface area (Å²) in [6.45, 7) is 2.22. The van der Waals surface area contributed by atoms with Crippen LogP contribution in [-0.2, 0) is 11.3 Å². The number of H-pyrrole nitrogens is 1. The van der Waals surface area contributed by atoms with Gasteiger partial charge in [-0.1, -0.05) is 18.2 Å². The van der Waals surface area contributed by atoms with Crippen molar-refractivity contribution in [2.75, 3.05) is 16.8 Å². The lowest BCUT2D eigenvalue weighted by atomic mass is 10.2. The van der Waals surface area contributed by atoms with Crippen LogP contribution in [-0.4, -0.2) is 39.5 Å². The van der Waals surface area contributed by atoms with Gasteiger partial charge in [0.05, 0.1) is 24.0 Å². The van der Waals surface area contributed by atoms with Gasteiger partial charge >= 0.3 is 12.1 Å². The average molecular weight is 487 g/mol. The Bertz CT molecular complexity index is 1400. The van der Waals surface area contributed by atoms with Gasteiger partial charge in [0.1, 0.15) is 17.4 Å². The molecule has 4 aromatic rings. The minimum Gasteiger partial charge on any atom is -0.481 e. The van der Waals surface area contributed by atoms with Crippen LogP contribution in [0, 0.1) is 12.3 Å². The van der Waals surface area contributed by atoms with E-state index in [4.69, 9.17) is 21.0 Å². The summed E-state index contributed by atoms with van der Waals surface area (Å²) in [5, 5.41) is 19.8. The molecular weight excluding hydrogens is 460 g/mol. The van der Waals surface area contributed by atoms with Gasteiger partial charge < -0.3 is 25.9 Å². The number of aromatic nitrogens is 2. The molecule has 3 aromatic carbocycles. The van der Waals surface area contributed by atoms with Crippen molar-refractivity contribution in [2.45, 2.75) is 19.9 Å². The second-order valence-corrected chi connectivity index (χ2v) is 8.11. The first-order valence-corrected chi connectivity index (χ1v) is 11.2. The second kappa shape index (κ2) is 10.6. The SMILES string of the molecule is Cc1c(OC(=O)N(CCC(=O)O)c2ccccc2)ccc2[nH]c(CNc3ccc(C(=N)N)cc3)nc12. The van der Waals surface area contributed by atoms with Gasteiger partial charge in [0.25, 0.3) is 0 Å². The number of carboxylic acids is 1. The molecule has 0 saturated carbocycles. The van der Waals surface area contributed by atoms with E-state index in [9.17, 15) is 9.59 Å². The van der Waals surface area contributed by atoms with Crippen molar-refractivity contribution in [3.8, 4) is 5.75 Å². The molecule has 0 spiro atoms. The number of aryl methyl sites for hydroxylation is 1. The first-order valence-electron chi connectivity index (χ1n) is 11.2. The van der Waals surface area contributed by atoms with Gasteiger partial charge in [-0.2, -0.15) is 0 Å². The van der Waals surface area contributed by atoms with Crippen molar-refractivity contribution in [2.24, 2.45) is 5.73 Å². The molecule has 0 unspecified atom stereocenters. The Labute approximate surface area is 207 Å². The molecule has 10 nitrogen and oxygen atoms in total. The standard InChI is InChI=1S/C26H26N6O4/c1-16-21(36-26(35)32(14-13-23(33)34)19-5-3-2-4-6-19)12-11-20-24(16)31-22(30-20)15-29-18-9-7-17(8-10-18)25(27)28/h2-12,29H,13-15H2,1H3,(H3,27,28)(H,30,31)(H,33,34). The fourth-order valence-corrected chi connectivity index (χ4v) is 3.68. The molecule has 0 saturated heterocycles. The van der Waals surface area contributed by atoms with Crippen LogP contribution in [0.4, 0.5) is 16.2 Å². The summed E-state index contributed by atoms with van der Waals surface area (Å²) in [5.74, 6) is 0.0440. The first-order chi connectivity index (χ1) is 17.3. The van der Waals surface area contributed by atoms with Gasteiger partial charge in [0.2, 0.25) is 0 Å². The second-order valence-electron chi connectivity index (χ2n) is 8.11. The number of imidazole rings is 1. The number of carbonyl (C=O) groups is 2. The maximum atomic E-state index is 13.0. The molecule has 10 heteroatoms. The average Bonchev–Trinajstić information content (AvgIpc) is 3.29. The van der Waals surface area contributed by atoms with E-state index in [-0.39, 0.29) is 18.8 Å². The molecule has 6 N–H and O–H groups in total. The van der Waals surface area contributed by atoms with Gasteiger partial charge in [0.15, 0.2) is 0 Å². The lowest BCUT2D eigenvalue weighted by Crippen LogP contribution is -2.35. The van der Waals surface area contributed by atoms with Crippen LogP contribution >= 0.6 is 0 Å². The molecule has 0 aliphatic rings. The number of benzene rings is 3. The molecule has 1 heterocycles. The topological polar surface area (TPSA) is 157 Å². The molecule has 0 fully saturated rings. The largest absolute Gasteiger partial charge is 0.481 e. The van der Waals surface area contributed by atoms with E-state index in [1.165, 1.54) is 4.90 Å². The van der Waals surface area contributed by atoms with Crippen molar-refractivity contribution in [1.29, 1.82) is 5.41 Å². The van der Waals surface area contributed by atoms with Crippen molar-refractivity contribution in [1.82, 2.24) is 9.97 Å². The number of carbonyl (C=O) groups excluding carboxylic acids is 1. The normalized spacial score (nSPS) is 10.7. The Hall–Kier alpha value is -4.86. The molecule has 184 valence electrons. The molecule has 0 atom stereocenters. The number of hydrogen-bond acceptors (Lipinski definition) is 6. The Morgan fingerprint density at radius 3 is 2.50 bits per heavy atom. The van der Waals surface area contributed by atoms with E-state index in [0.29, 0.717) is 40.4 Å². The van der Waals surface area contributed by atoms with Gasteiger partial charge in [-0.15, -0.1) is 0 Å². The molecule has 1 amide bonds. The van der Waals surface area contributed by atoms with Crippen molar-refractivity contribution in [3.63, 3.8) is 0 Å². The number of para-hydroxylation sites is 1. The number of ether oxygens (including phenoxy) is 1. The molecule has 0 bridgehead atoms. The number of aliphatic carboxylic acids is 1. The van der Waals surface area contributed by atoms with Gasteiger partial charge in [-0.3, -0.25) is 15.1 Å². The number of nitrogens with two attached hydrogens (primary N) is 1. The van der Waals surface area contributed by atoms with Crippen LogP contribution in [0.2, 0.25) is 0 Å². The third-order valence-corrected chi connectivity index (χ3v) is 5.60. The summed E-state index contributed by atoms with van der Waals surface area (Å²) in [6.07, 6.45) is -0.883. The Balaban J connectivity index is 1.49. The van der Waals surface area contributed by atoms with Crippen LogP contribution in [0.3, 0.4) is 0 Å². The summed E-state index contributed by atoms with van der Waals surface area (Å²) in [7, 11) is 0. The van der Waals surface area contributed by atoms with Crippen LogP contribution in [0.25, 0.3) is 11.0 Å². The number of amides is 1. The molecule has 0 aliphatic carbocycles. The zero-order valence-corrected chi connectivity index (χ0v) is 19.6. The van der Waals surface area contributed by atoms with Crippen molar-refractivity contribution < 1.29 is 19.4 Å². The number of fused-ring (bicyclic) bond motifs is 1. The fraction of sp³-hybridized carbons (Fsp3) is 0.154. The minimum atomic E-state index is -1.01. The molecule has 1 aromatic heterocycles. The molecule has 0 radical (unpaired) electrons. The van der Waals surface area contributed by atoms with Crippen molar-refractivity contribution >= 4 is 40.3 Å². The van der Waals surface area contributed by atoms with Gasteiger partial charge in [-0.25, -0.2) is 9.78 Å². The molecule has 4 rings (SSSR count).